The van der Waals surface area contributed by atoms with Crippen molar-refractivity contribution < 1.29 is 4.74 Å². The van der Waals surface area contributed by atoms with Crippen LogP contribution in [0, 0.1) is 13.8 Å². The number of aryl methyl sites for hydroxylation is 2. The Labute approximate surface area is 95.8 Å². The van der Waals surface area contributed by atoms with E-state index in [4.69, 9.17) is 4.74 Å². The Morgan fingerprint density at radius 1 is 1.31 bits per heavy atom. The second-order valence-electron chi connectivity index (χ2n) is 4.15. The fourth-order valence-electron chi connectivity index (χ4n) is 2.15. The van der Waals surface area contributed by atoms with E-state index in [-0.39, 0.29) is 0 Å². The molecule has 0 aliphatic rings. The van der Waals surface area contributed by atoms with Gasteiger partial charge in [-0.3, -0.25) is 0 Å². The van der Waals surface area contributed by atoms with Crippen molar-refractivity contribution in [1.82, 2.24) is 10.3 Å². The largest absolute Gasteiger partial charge is 0.495 e. The van der Waals surface area contributed by atoms with Crippen LogP contribution < -0.4 is 10.1 Å². The van der Waals surface area contributed by atoms with Crippen LogP contribution >= 0.6 is 0 Å². The van der Waals surface area contributed by atoms with Crippen LogP contribution in [0.4, 0.5) is 0 Å². The summed E-state index contributed by atoms with van der Waals surface area (Å²) in [6.07, 6.45) is 0. The number of aromatic nitrogens is 1. The van der Waals surface area contributed by atoms with Crippen molar-refractivity contribution in [2.45, 2.75) is 20.4 Å². The zero-order chi connectivity index (χ0) is 11.7. The van der Waals surface area contributed by atoms with Crippen LogP contribution in [0.25, 0.3) is 10.9 Å². The number of H-pyrrole nitrogens is 1. The lowest BCUT2D eigenvalue weighted by molar-refractivity contribution is 0.418. The van der Waals surface area contributed by atoms with Gasteiger partial charge in [-0.25, -0.2) is 0 Å². The average molecular weight is 218 g/mol. The van der Waals surface area contributed by atoms with Crippen LogP contribution in [-0.4, -0.2) is 19.1 Å². The predicted molar refractivity (Wildman–Crippen MR) is 67.1 cm³/mol. The van der Waals surface area contributed by atoms with E-state index in [1.807, 2.05) is 7.05 Å². The summed E-state index contributed by atoms with van der Waals surface area (Å²) in [5.74, 6) is 0.917. The molecule has 0 saturated carbocycles. The van der Waals surface area contributed by atoms with Gasteiger partial charge in [0, 0.05) is 17.6 Å². The maximum Gasteiger partial charge on any atom is 0.143 e. The fraction of sp³-hybridized carbons (Fsp3) is 0.385. The van der Waals surface area contributed by atoms with Crippen LogP contribution in [0.2, 0.25) is 0 Å². The van der Waals surface area contributed by atoms with Gasteiger partial charge in [0.05, 0.1) is 12.6 Å². The number of ether oxygens (including phenoxy) is 1. The van der Waals surface area contributed by atoms with Crippen LogP contribution in [0.1, 0.15) is 16.8 Å². The Bertz CT molecular complexity index is 514. The Morgan fingerprint density at radius 2 is 2.06 bits per heavy atom. The van der Waals surface area contributed by atoms with Gasteiger partial charge >= 0.3 is 0 Å². The molecule has 2 rings (SSSR count). The molecular weight excluding hydrogens is 200 g/mol. The Morgan fingerprint density at radius 3 is 2.69 bits per heavy atom. The maximum atomic E-state index is 5.40. The van der Waals surface area contributed by atoms with Crippen LogP contribution in [-0.2, 0) is 6.54 Å². The second-order valence-corrected chi connectivity index (χ2v) is 4.15. The molecule has 0 radical (unpaired) electrons. The molecule has 16 heavy (non-hydrogen) atoms. The average Bonchev–Trinajstić information content (AvgIpc) is 2.56. The molecule has 0 aliphatic heterocycles. The third-order valence-electron chi connectivity index (χ3n) is 2.91. The summed E-state index contributed by atoms with van der Waals surface area (Å²) in [6, 6.07) is 4.26. The highest BCUT2D eigenvalue weighted by molar-refractivity contribution is 5.90. The molecule has 86 valence electrons. The van der Waals surface area contributed by atoms with Crippen molar-refractivity contribution in [1.29, 1.82) is 0 Å². The molecule has 3 heteroatoms. The van der Waals surface area contributed by atoms with Crippen molar-refractivity contribution >= 4 is 10.9 Å². The molecule has 0 unspecified atom stereocenters. The van der Waals surface area contributed by atoms with Gasteiger partial charge in [-0.15, -0.1) is 0 Å². The minimum absolute atomic E-state index is 0.873. The third-order valence-corrected chi connectivity index (χ3v) is 2.91. The highest BCUT2D eigenvalue weighted by atomic mass is 16.5. The first-order valence-corrected chi connectivity index (χ1v) is 5.47. The van der Waals surface area contributed by atoms with E-state index in [1.54, 1.807) is 7.11 Å². The molecule has 3 nitrogen and oxygen atoms in total. The molecule has 0 atom stereocenters. The van der Waals surface area contributed by atoms with Gasteiger partial charge in [-0.05, 0) is 44.2 Å². The summed E-state index contributed by atoms with van der Waals surface area (Å²) in [5, 5.41) is 4.45. The maximum absolute atomic E-state index is 5.40. The zero-order valence-electron chi connectivity index (χ0n) is 10.3. The summed E-state index contributed by atoms with van der Waals surface area (Å²) >= 11 is 0. The van der Waals surface area contributed by atoms with E-state index < -0.39 is 0 Å². The standard InChI is InChI=1S/C13H18N2O/c1-8-5-10-11(7-14-3)9(2)15-13(10)12(6-8)16-4/h5-6,14-15H,7H2,1-4H3. The van der Waals surface area contributed by atoms with Crippen LogP contribution in [0.3, 0.4) is 0 Å². The minimum Gasteiger partial charge on any atom is -0.495 e. The number of methoxy groups -OCH3 is 1. The first-order chi connectivity index (χ1) is 7.67. The number of hydrogen-bond donors (Lipinski definition) is 2. The normalized spacial score (nSPS) is 11.0. The van der Waals surface area contributed by atoms with E-state index in [2.05, 4.69) is 36.3 Å². The SMILES string of the molecule is CNCc1c(C)[nH]c2c(OC)cc(C)cc12. The van der Waals surface area contributed by atoms with Gasteiger partial charge < -0.3 is 15.0 Å². The summed E-state index contributed by atoms with van der Waals surface area (Å²) in [4.78, 5) is 3.39. The number of fused-ring (bicyclic) bond motifs is 1. The topological polar surface area (TPSA) is 37.0 Å². The minimum atomic E-state index is 0.873. The Hall–Kier alpha value is -1.48. The molecular formula is C13H18N2O. The summed E-state index contributed by atoms with van der Waals surface area (Å²) in [5.41, 5.74) is 4.84. The molecule has 2 aromatic rings. The molecule has 0 spiro atoms. The number of rotatable bonds is 3. The molecule has 1 aromatic heterocycles. The van der Waals surface area contributed by atoms with Crippen molar-refractivity contribution in [3.8, 4) is 5.75 Å². The molecule has 0 saturated heterocycles. The highest BCUT2D eigenvalue weighted by Crippen LogP contribution is 2.30. The van der Waals surface area contributed by atoms with Crippen molar-refractivity contribution in [2.24, 2.45) is 0 Å². The highest BCUT2D eigenvalue weighted by Gasteiger charge is 2.11. The molecule has 2 N–H and O–H groups in total. The van der Waals surface area contributed by atoms with Crippen LogP contribution in [0.15, 0.2) is 12.1 Å². The lowest BCUT2D eigenvalue weighted by Crippen LogP contribution is -2.05. The zero-order valence-corrected chi connectivity index (χ0v) is 10.3. The fourth-order valence-corrected chi connectivity index (χ4v) is 2.15. The molecule has 1 aromatic carbocycles. The van der Waals surface area contributed by atoms with Gasteiger partial charge in [0.25, 0.3) is 0 Å². The monoisotopic (exact) mass is 218 g/mol. The Kier molecular flexibility index (Phi) is 2.88. The van der Waals surface area contributed by atoms with Crippen molar-refractivity contribution in [3.63, 3.8) is 0 Å². The lowest BCUT2D eigenvalue weighted by atomic mass is 10.1. The van der Waals surface area contributed by atoms with E-state index in [0.29, 0.717) is 0 Å². The van der Waals surface area contributed by atoms with Gasteiger partial charge in [0.1, 0.15) is 5.75 Å². The van der Waals surface area contributed by atoms with Gasteiger partial charge in [-0.1, -0.05) is 0 Å². The van der Waals surface area contributed by atoms with Crippen LogP contribution in [0.5, 0.6) is 5.75 Å². The molecule has 0 fully saturated rings. The molecule has 0 bridgehead atoms. The van der Waals surface area contributed by atoms with E-state index in [1.165, 1.54) is 22.2 Å². The first-order valence-electron chi connectivity index (χ1n) is 5.47. The third kappa shape index (κ3) is 1.67. The number of benzene rings is 1. The second kappa shape index (κ2) is 4.18. The van der Waals surface area contributed by atoms with Crippen molar-refractivity contribution in [3.05, 3.63) is 29.0 Å². The summed E-state index contributed by atoms with van der Waals surface area (Å²) in [7, 11) is 3.67. The Balaban J connectivity index is 2.73. The molecule has 0 aliphatic carbocycles. The lowest BCUT2D eigenvalue weighted by Gasteiger charge is -2.04. The smallest absolute Gasteiger partial charge is 0.143 e. The van der Waals surface area contributed by atoms with E-state index in [9.17, 15) is 0 Å². The summed E-state index contributed by atoms with van der Waals surface area (Å²) in [6.45, 7) is 5.06. The van der Waals surface area contributed by atoms with Crippen molar-refractivity contribution in [2.75, 3.05) is 14.2 Å². The molecule has 0 amide bonds. The van der Waals surface area contributed by atoms with E-state index in [0.717, 1.165) is 17.8 Å². The van der Waals surface area contributed by atoms with Gasteiger partial charge in [0.15, 0.2) is 0 Å². The van der Waals surface area contributed by atoms with Gasteiger partial charge in [-0.2, -0.15) is 0 Å². The first kappa shape index (κ1) is 11.0. The van der Waals surface area contributed by atoms with E-state index >= 15 is 0 Å². The van der Waals surface area contributed by atoms with Gasteiger partial charge in [0.2, 0.25) is 0 Å². The summed E-state index contributed by atoms with van der Waals surface area (Å²) < 4.78 is 5.40. The quantitative estimate of drug-likeness (QED) is 0.830. The number of aromatic amines is 1. The predicted octanol–water partition coefficient (Wildman–Crippen LogP) is 2.51. The molecule has 1 heterocycles. The number of nitrogens with one attached hydrogen (secondary N) is 2. The number of hydrogen-bond acceptors (Lipinski definition) is 2.